The number of carbonyl (C=O) groups is 1. The fourth-order valence-electron chi connectivity index (χ4n) is 4.03. The molecule has 1 atom stereocenters. The van der Waals surface area contributed by atoms with Crippen LogP contribution in [-0.2, 0) is 24.1 Å². The molecule has 1 aliphatic rings. The van der Waals surface area contributed by atoms with Gasteiger partial charge in [-0.2, -0.15) is 5.16 Å². The third-order valence-electron chi connectivity index (χ3n) is 5.63. The van der Waals surface area contributed by atoms with E-state index in [-0.39, 0.29) is 35.0 Å². The lowest BCUT2D eigenvalue weighted by molar-refractivity contribution is -0.385. The average molecular weight is 429 g/mol. The largest absolute Gasteiger partial charge is 0.384 e. The fraction of sp³-hybridized carbons (Fsp3) is 0.368. The molecule has 1 amide bonds. The quantitative estimate of drug-likeness (QED) is 0.253. The summed E-state index contributed by atoms with van der Waals surface area (Å²) in [7, 11) is 0. The van der Waals surface area contributed by atoms with Crippen molar-refractivity contribution in [3.63, 3.8) is 0 Å². The van der Waals surface area contributed by atoms with E-state index in [0.717, 1.165) is 0 Å². The molecule has 12 heteroatoms. The summed E-state index contributed by atoms with van der Waals surface area (Å²) >= 11 is 0. The summed E-state index contributed by atoms with van der Waals surface area (Å²) in [6.07, 6.45) is 1.24. The number of amides is 1. The Morgan fingerprint density at radius 1 is 1.23 bits per heavy atom. The van der Waals surface area contributed by atoms with Crippen molar-refractivity contribution in [3.8, 4) is 0 Å². The molecular weight excluding hydrogens is 410 g/mol. The Balaban J connectivity index is 1.57. The third kappa shape index (κ3) is 3.79. The van der Waals surface area contributed by atoms with Gasteiger partial charge in [0.15, 0.2) is 0 Å². The minimum atomic E-state index is -0.883. The van der Waals surface area contributed by atoms with Gasteiger partial charge in [0.25, 0.3) is 11.2 Å². The van der Waals surface area contributed by atoms with Crippen LogP contribution in [0.25, 0.3) is 11.0 Å². The summed E-state index contributed by atoms with van der Waals surface area (Å²) in [5.41, 5.74) is -0.358. The average Bonchev–Trinajstić information content (AvgIpc) is 3.04. The molecule has 0 fully saturated rings. The lowest BCUT2D eigenvalue weighted by Gasteiger charge is -2.25. The molecule has 4 rings (SSSR count). The summed E-state index contributed by atoms with van der Waals surface area (Å²) in [4.78, 5) is 63.3. The van der Waals surface area contributed by atoms with Gasteiger partial charge in [0.05, 0.1) is 27.9 Å². The number of fused-ring (bicyclic) bond motifs is 3. The van der Waals surface area contributed by atoms with Crippen molar-refractivity contribution in [2.24, 2.45) is 5.92 Å². The van der Waals surface area contributed by atoms with E-state index in [4.69, 9.17) is 4.52 Å². The van der Waals surface area contributed by atoms with Crippen LogP contribution in [0.5, 0.6) is 0 Å². The SMILES string of the molecule is Cc1o[nH]c(=O)c1CC(=O)NCC1CCc2c([N+](=O)[O-])cc3[nH]c(=O)c(=O)[nH]c3c2C1. The molecule has 2 heterocycles. The number of aryl methyl sites for hydroxylation is 1. The van der Waals surface area contributed by atoms with Crippen LogP contribution in [-0.4, -0.2) is 32.5 Å². The summed E-state index contributed by atoms with van der Waals surface area (Å²) < 4.78 is 4.89. The Bertz CT molecular complexity index is 1380. The lowest BCUT2D eigenvalue weighted by Crippen LogP contribution is -2.34. The van der Waals surface area contributed by atoms with E-state index in [1.165, 1.54) is 6.07 Å². The van der Waals surface area contributed by atoms with Crippen LogP contribution >= 0.6 is 0 Å². The predicted molar refractivity (Wildman–Crippen MR) is 108 cm³/mol. The maximum atomic E-state index is 12.3. The molecule has 162 valence electrons. The first-order valence-corrected chi connectivity index (χ1v) is 9.63. The standard InChI is InChI=1S/C19H19N5O7/c1-8-11(17(26)23-31-8)5-15(25)20-7-9-2-3-10-12(4-9)16-13(6-14(10)24(29)30)21-18(27)19(28)22-16/h6,9H,2-5,7H2,1H3,(H,20,25)(H,21,27)(H,22,28)(H,23,26). The van der Waals surface area contributed by atoms with E-state index in [9.17, 15) is 29.3 Å². The molecule has 0 radical (unpaired) electrons. The molecule has 0 saturated carbocycles. The molecule has 4 N–H and O–H groups in total. The minimum absolute atomic E-state index is 0.0409. The number of nitro groups is 1. The van der Waals surface area contributed by atoms with Gasteiger partial charge in [-0.25, -0.2) is 0 Å². The lowest BCUT2D eigenvalue weighted by atomic mass is 9.82. The second kappa shape index (κ2) is 7.70. The van der Waals surface area contributed by atoms with E-state index in [1.54, 1.807) is 6.92 Å². The molecule has 1 aromatic carbocycles. The smallest absolute Gasteiger partial charge is 0.314 e. The fourth-order valence-corrected chi connectivity index (χ4v) is 4.03. The Morgan fingerprint density at radius 3 is 2.65 bits per heavy atom. The van der Waals surface area contributed by atoms with Crippen molar-refractivity contribution in [2.75, 3.05) is 6.54 Å². The zero-order chi connectivity index (χ0) is 22.3. The highest BCUT2D eigenvalue weighted by atomic mass is 16.6. The van der Waals surface area contributed by atoms with Gasteiger partial charge in [0.2, 0.25) is 5.91 Å². The number of aromatic amines is 3. The van der Waals surface area contributed by atoms with E-state index in [0.29, 0.717) is 48.2 Å². The topological polar surface area (TPSA) is 184 Å². The number of benzene rings is 1. The van der Waals surface area contributed by atoms with Crippen molar-refractivity contribution in [1.82, 2.24) is 20.4 Å². The summed E-state index contributed by atoms with van der Waals surface area (Å²) in [6, 6.07) is 1.26. The number of nitrogens with one attached hydrogen (secondary N) is 4. The van der Waals surface area contributed by atoms with Gasteiger partial charge >= 0.3 is 11.1 Å². The maximum absolute atomic E-state index is 12.3. The van der Waals surface area contributed by atoms with E-state index < -0.39 is 21.6 Å². The van der Waals surface area contributed by atoms with Crippen LogP contribution in [0.15, 0.2) is 25.0 Å². The van der Waals surface area contributed by atoms with Crippen LogP contribution < -0.4 is 22.0 Å². The number of H-pyrrole nitrogens is 3. The van der Waals surface area contributed by atoms with E-state index in [1.807, 2.05) is 0 Å². The Labute approximate surface area is 172 Å². The zero-order valence-corrected chi connectivity index (χ0v) is 16.5. The molecule has 0 spiro atoms. The number of hydrogen-bond acceptors (Lipinski definition) is 7. The molecule has 2 aromatic heterocycles. The van der Waals surface area contributed by atoms with Gasteiger partial charge in [-0.3, -0.25) is 29.3 Å². The highest BCUT2D eigenvalue weighted by Crippen LogP contribution is 2.35. The third-order valence-corrected chi connectivity index (χ3v) is 5.63. The monoisotopic (exact) mass is 429 g/mol. The van der Waals surface area contributed by atoms with Crippen LogP contribution in [0, 0.1) is 23.0 Å². The Kier molecular flexibility index (Phi) is 5.05. The van der Waals surface area contributed by atoms with E-state index >= 15 is 0 Å². The van der Waals surface area contributed by atoms with Crippen molar-refractivity contribution in [3.05, 3.63) is 69.7 Å². The van der Waals surface area contributed by atoms with Crippen molar-refractivity contribution < 1.29 is 14.2 Å². The first kappa shape index (κ1) is 20.3. The second-order valence-electron chi connectivity index (χ2n) is 7.60. The first-order valence-electron chi connectivity index (χ1n) is 9.63. The number of hydrogen-bond donors (Lipinski definition) is 4. The van der Waals surface area contributed by atoms with Crippen LogP contribution in [0.1, 0.15) is 28.9 Å². The Morgan fingerprint density at radius 2 is 1.97 bits per heavy atom. The number of nitro benzene ring substituents is 1. The van der Waals surface area contributed by atoms with E-state index in [2.05, 4.69) is 20.4 Å². The van der Waals surface area contributed by atoms with Gasteiger partial charge in [-0.05, 0) is 37.7 Å². The molecule has 0 saturated heterocycles. The normalized spacial score (nSPS) is 15.6. The van der Waals surface area contributed by atoms with Crippen LogP contribution in [0.3, 0.4) is 0 Å². The number of nitrogens with zero attached hydrogens (tertiary/aromatic N) is 1. The molecule has 0 bridgehead atoms. The highest BCUT2D eigenvalue weighted by Gasteiger charge is 2.29. The van der Waals surface area contributed by atoms with Gasteiger partial charge in [-0.1, -0.05) is 0 Å². The zero-order valence-electron chi connectivity index (χ0n) is 16.5. The molecule has 1 aliphatic carbocycles. The van der Waals surface area contributed by atoms with Gasteiger partial charge in [-0.15, -0.1) is 0 Å². The molecule has 31 heavy (non-hydrogen) atoms. The van der Waals surface area contributed by atoms with Crippen molar-refractivity contribution in [1.29, 1.82) is 0 Å². The van der Waals surface area contributed by atoms with Gasteiger partial charge in [0, 0.05) is 18.2 Å². The van der Waals surface area contributed by atoms with Crippen molar-refractivity contribution >= 4 is 22.6 Å². The molecule has 3 aromatic rings. The summed E-state index contributed by atoms with van der Waals surface area (Å²) in [6.45, 7) is 1.88. The number of rotatable bonds is 5. The van der Waals surface area contributed by atoms with Gasteiger partial charge < -0.3 is 19.8 Å². The number of carbonyl (C=O) groups excluding carboxylic acids is 1. The highest BCUT2D eigenvalue weighted by molar-refractivity contribution is 5.83. The molecule has 0 aliphatic heterocycles. The molecular formula is C19H19N5O7. The van der Waals surface area contributed by atoms with Crippen LogP contribution in [0.2, 0.25) is 0 Å². The first-order chi connectivity index (χ1) is 14.7. The van der Waals surface area contributed by atoms with Crippen molar-refractivity contribution in [2.45, 2.75) is 32.6 Å². The molecule has 12 nitrogen and oxygen atoms in total. The minimum Gasteiger partial charge on any atom is -0.384 e. The summed E-state index contributed by atoms with van der Waals surface area (Å²) in [5, 5.41) is 16.5. The maximum Gasteiger partial charge on any atom is 0.314 e. The Hall–Kier alpha value is -3.96. The van der Waals surface area contributed by atoms with Crippen LogP contribution in [0.4, 0.5) is 5.69 Å². The second-order valence-corrected chi connectivity index (χ2v) is 7.60. The predicted octanol–water partition coefficient (Wildman–Crippen LogP) is 0.178. The van der Waals surface area contributed by atoms with Gasteiger partial charge in [0.1, 0.15) is 5.76 Å². The number of aromatic nitrogens is 3. The summed E-state index contributed by atoms with van der Waals surface area (Å²) in [5.74, 6) is -0.0354. The molecule has 1 unspecified atom stereocenters.